The number of carboxylic acids is 1. The molecule has 2 unspecified atom stereocenters. The van der Waals surface area contributed by atoms with Gasteiger partial charge in [0.2, 0.25) is 11.8 Å². The van der Waals surface area contributed by atoms with Crippen molar-refractivity contribution in [3.63, 3.8) is 0 Å². The molecule has 20 heavy (non-hydrogen) atoms. The van der Waals surface area contributed by atoms with E-state index in [0.717, 1.165) is 12.8 Å². The highest BCUT2D eigenvalue weighted by Gasteiger charge is 2.58. The Balaban J connectivity index is 1.53. The van der Waals surface area contributed by atoms with Crippen LogP contribution in [0.4, 0.5) is 0 Å². The lowest BCUT2D eigenvalue weighted by molar-refractivity contribution is -0.141. The van der Waals surface area contributed by atoms with Crippen LogP contribution in [0.15, 0.2) is 12.2 Å². The van der Waals surface area contributed by atoms with Crippen molar-refractivity contribution in [3.05, 3.63) is 12.2 Å². The first kappa shape index (κ1) is 13.3. The summed E-state index contributed by atoms with van der Waals surface area (Å²) < 4.78 is 0. The number of likely N-dealkylation sites (tertiary alicyclic amines) is 1. The van der Waals surface area contributed by atoms with E-state index in [1.54, 1.807) is 0 Å². The Morgan fingerprint density at radius 3 is 2.25 bits per heavy atom. The van der Waals surface area contributed by atoms with E-state index in [1.807, 2.05) is 0 Å². The minimum atomic E-state index is -0.796. The highest BCUT2D eigenvalue weighted by Crippen LogP contribution is 2.52. The number of rotatable bonds is 6. The third-order valence-corrected chi connectivity index (χ3v) is 4.83. The number of aliphatic carboxylic acids is 1. The van der Waals surface area contributed by atoms with Crippen LogP contribution in [0.1, 0.15) is 32.1 Å². The van der Waals surface area contributed by atoms with Crippen LogP contribution in [0.3, 0.4) is 0 Å². The fourth-order valence-corrected chi connectivity index (χ4v) is 3.91. The highest BCUT2D eigenvalue weighted by atomic mass is 16.4. The van der Waals surface area contributed by atoms with E-state index in [0.29, 0.717) is 19.4 Å². The molecule has 0 spiro atoms. The smallest absolute Gasteiger partial charge is 0.303 e. The Labute approximate surface area is 117 Å². The van der Waals surface area contributed by atoms with Crippen LogP contribution in [0.5, 0.6) is 0 Å². The zero-order valence-electron chi connectivity index (χ0n) is 11.3. The number of nitrogens with zero attached hydrogens (tertiary/aromatic N) is 1. The summed E-state index contributed by atoms with van der Waals surface area (Å²) >= 11 is 0. The molecule has 1 saturated carbocycles. The summed E-state index contributed by atoms with van der Waals surface area (Å²) in [6, 6.07) is 0. The van der Waals surface area contributed by atoms with Gasteiger partial charge in [-0.15, -0.1) is 0 Å². The molecule has 1 saturated heterocycles. The molecule has 2 aliphatic carbocycles. The van der Waals surface area contributed by atoms with Gasteiger partial charge in [-0.1, -0.05) is 18.6 Å². The Kier molecular flexibility index (Phi) is 3.36. The zero-order valence-corrected chi connectivity index (χ0v) is 11.3. The SMILES string of the molecule is O=C(O)CCCCCN1C(=O)[C@@H]2C3C=CC(C3)[C@@H]2C1=O. The van der Waals surface area contributed by atoms with Gasteiger partial charge >= 0.3 is 5.97 Å². The summed E-state index contributed by atoms with van der Waals surface area (Å²) in [4.78, 5) is 36.5. The molecule has 1 heterocycles. The molecule has 2 amide bonds. The lowest BCUT2D eigenvalue weighted by Gasteiger charge is -2.16. The maximum absolute atomic E-state index is 12.3. The molecule has 2 bridgehead atoms. The Bertz CT molecular complexity index is 454. The van der Waals surface area contributed by atoms with E-state index in [1.165, 1.54) is 4.90 Å². The van der Waals surface area contributed by atoms with Crippen LogP contribution in [0.25, 0.3) is 0 Å². The number of hydrogen-bond acceptors (Lipinski definition) is 3. The van der Waals surface area contributed by atoms with E-state index < -0.39 is 5.97 Å². The van der Waals surface area contributed by atoms with Crippen LogP contribution in [-0.2, 0) is 14.4 Å². The summed E-state index contributed by atoms with van der Waals surface area (Å²) in [5.74, 6) is -0.509. The fourth-order valence-electron chi connectivity index (χ4n) is 3.91. The summed E-state index contributed by atoms with van der Waals surface area (Å²) in [6.07, 6.45) is 7.34. The van der Waals surface area contributed by atoms with Gasteiger partial charge in [0, 0.05) is 13.0 Å². The second kappa shape index (κ2) is 5.04. The highest BCUT2D eigenvalue weighted by molar-refractivity contribution is 6.06. The second-order valence-electron chi connectivity index (χ2n) is 6.03. The molecule has 4 atom stereocenters. The number of imide groups is 1. The fraction of sp³-hybridized carbons (Fsp3) is 0.667. The van der Waals surface area contributed by atoms with Crippen molar-refractivity contribution < 1.29 is 19.5 Å². The van der Waals surface area contributed by atoms with Crippen LogP contribution in [0.2, 0.25) is 0 Å². The van der Waals surface area contributed by atoms with E-state index in [-0.39, 0.29) is 41.9 Å². The van der Waals surface area contributed by atoms with Gasteiger partial charge in [0.05, 0.1) is 11.8 Å². The third-order valence-electron chi connectivity index (χ3n) is 4.83. The topological polar surface area (TPSA) is 74.7 Å². The predicted molar refractivity (Wildman–Crippen MR) is 70.5 cm³/mol. The minimum Gasteiger partial charge on any atom is -0.481 e. The number of amides is 2. The number of fused-ring (bicyclic) bond motifs is 5. The molecule has 108 valence electrons. The van der Waals surface area contributed by atoms with Gasteiger partial charge < -0.3 is 5.11 Å². The van der Waals surface area contributed by atoms with Crippen molar-refractivity contribution in [2.24, 2.45) is 23.7 Å². The van der Waals surface area contributed by atoms with Crippen LogP contribution in [0, 0.1) is 23.7 Å². The molecule has 1 N–H and O–H groups in total. The molecule has 5 heteroatoms. The number of carbonyl (C=O) groups is 3. The molecule has 0 aromatic heterocycles. The molecule has 3 aliphatic rings. The molecule has 1 aliphatic heterocycles. The quantitative estimate of drug-likeness (QED) is 0.453. The molecular weight excluding hydrogens is 258 g/mol. The Morgan fingerprint density at radius 2 is 1.70 bits per heavy atom. The van der Waals surface area contributed by atoms with Crippen molar-refractivity contribution in [2.45, 2.75) is 32.1 Å². The molecule has 2 fully saturated rings. The van der Waals surface area contributed by atoms with Crippen molar-refractivity contribution in [1.82, 2.24) is 4.90 Å². The van der Waals surface area contributed by atoms with Crippen molar-refractivity contribution in [2.75, 3.05) is 6.54 Å². The van der Waals surface area contributed by atoms with Gasteiger partial charge in [0.1, 0.15) is 0 Å². The van der Waals surface area contributed by atoms with Gasteiger partial charge in [-0.05, 0) is 31.1 Å². The maximum Gasteiger partial charge on any atom is 0.303 e. The molecular formula is C15H19NO4. The van der Waals surface area contributed by atoms with Crippen molar-refractivity contribution in [1.29, 1.82) is 0 Å². The molecule has 0 radical (unpaired) electrons. The summed E-state index contributed by atoms with van der Waals surface area (Å²) in [5.41, 5.74) is 0. The number of carbonyl (C=O) groups excluding carboxylic acids is 2. The van der Waals surface area contributed by atoms with Gasteiger partial charge in [-0.25, -0.2) is 0 Å². The van der Waals surface area contributed by atoms with Crippen LogP contribution in [-0.4, -0.2) is 34.3 Å². The second-order valence-corrected chi connectivity index (χ2v) is 6.03. The minimum absolute atomic E-state index is 0.00455. The monoisotopic (exact) mass is 277 g/mol. The lowest BCUT2D eigenvalue weighted by Crippen LogP contribution is -2.33. The average Bonchev–Trinajstić information content (AvgIpc) is 3.06. The van der Waals surface area contributed by atoms with E-state index in [4.69, 9.17) is 5.11 Å². The van der Waals surface area contributed by atoms with Gasteiger partial charge in [0.15, 0.2) is 0 Å². The van der Waals surface area contributed by atoms with Gasteiger partial charge in [-0.2, -0.15) is 0 Å². The first-order valence-corrected chi connectivity index (χ1v) is 7.35. The third kappa shape index (κ3) is 2.05. The van der Waals surface area contributed by atoms with Crippen molar-refractivity contribution >= 4 is 17.8 Å². The number of allylic oxidation sites excluding steroid dienone is 2. The summed E-state index contributed by atoms with van der Waals surface area (Å²) in [5, 5.41) is 8.56. The van der Waals surface area contributed by atoms with Gasteiger partial charge in [0.25, 0.3) is 0 Å². The molecule has 0 aromatic rings. The van der Waals surface area contributed by atoms with Crippen LogP contribution >= 0.6 is 0 Å². The molecule has 0 aromatic carbocycles. The number of unbranched alkanes of at least 4 members (excludes halogenated alkanes) is 2. The Hall–Kier alpha value is -1.65. The van der Waals surface area contributed by atoms with Gasteiger partial charge in [-0.3, -0.25) is 19.3 Å². The standard InChI is InChI=1S/C15H19NO4/c17-11(18)4-2-1-3-7-16-14(19)12-9-5-6-10(8-9)13(12)15(16)20/h5-6,9-10,12-13H,1-4,7-8H2,(H,17,18)/t9?,10?,12-,13+. The first-order valence-electron chi connectivity index (χ1n) is 7.35. The summed E-state index contributed by atoms with van der Waals surface area (Å²) in [6.45, 7) is 0.448. The normalized spacial score (nSPS) is 34.1. The van der Waals surface area contributed by atoms with E-state index in [2.05, 4.69) is 12.2 Å². The number of carboxylic acid groups (broad SMARTS) is 1. The zero-order chi connectivity index (χ0) is 14.3. The van der Waals surface area contributed by atoms with Crippen molar-refractivity contribution in [3.8, 4) is 0 Å². The molecule has 5 nitrogen and oxygen atoms in total. The largest absolute Gasteiger partial charge is 0.481 e. The number of hydrogen-bond donors (Lipinski definition) is 1. The molecule has 3 rings (SSSR count). The predicted octanol–water partition coefficient (Wildman–Crippen LogP) is 1.44. The first-order chi connectivity index (χ1) is 9.59. The summed E-state index contributed by atoms with van der Waals surface area (Å²) in [7, 11) is 0. The van der Waals surface area contributed by atoms with Crippen LogP contribution < -0.4 is 0 Å². The Morgan fingerprint density at radius 1 is 1.10 bits per heavy atom. The van der Waals surface area contributed by atoms with E-state index >= 15 is 0 Å². The lowest BCUT2D eigenvalue weighted by atomic mass is 9.85. The average molecular weight is 277 g/mol. The van der Waals surface area contributed by atoms with E-state index in [9.17, 15) is 14.4 Å². The maximum atomic E-state index is 12.3.